The van der Waals surface area contributed by atoms with E-state index in [9.17, 15) is 13.6 Å². The standard InChI is InChI=1S/C12H12F2N2O/c1-2-9(5-6-15)16-12(17)8-3-4-10(13)11(14)7-8/h3-4,7,9H,2,5H2,1H3,(H,16,17). The molecule has 0 saturated carbocycles. The molecule has 1 atom stereocenters. The van der Waals surface area contributed by atoms with E-state index in [0.29, 0.717) is 6.42 Å². The van der Waals surface area contributed by atoms with E-state index in [4.69, 9.17) is 5.26 Å². The van der Waals surface area contributed by atoms with Crippen molar-refractivity contribution in [3.63, 3.8) is 0 Å². The third-order valence-electron chi connectivity index (χ3n) is 2.35. The Morgan fingerprint density at radius 2 is 2.18 bits per heavy atom. The average molecular weight is 238 g/mol. The molecule has 0 saturated heterocycles. The third-order valence-corrected chi connectivity index (χ3v) is 2.35. The highest BCUT2D eigenvalue weighted by atomic mass is 19.2. The molecule has 1 rings (SSSR count). The number of benzene rings is 1. The van der Waals surface area contributed by atoms with Crippen LogP contribution in [0.5, 0.6) is 0 Å². The Hall–Kier alpha value is -1.96. The summed E-state index contributed by atoms with van der Waals surface area (Å²) in [5, 5.41) is 11.1. The van der Waals surface area contributed by atoms with Gasteiger partial charge in [-0.3, -0.25) is 4.79 Å². The molecule has 90 valence electrons. The number of nitriles is 1. The molecule has 1 unspecified atom stereocenters. The first-order valence-electron chi connectivity index (χ1n) is 5.21. The fraction of sp³-hybridized carbons (Fsp3) is 0.333. The van der Waals surface area contributed by atoms with Crippen LogP contribution in [-0.4, -0.2) is 11.9 Å². The van der Waals surface area contributed by atoms with Crippen molar-refractivity contribution < 1.29 is 13.6 Å². The van der Waals surface area contributed by atoms with Gasteiger partial charge in [0.25, 0.3) is 5.91 Å². The summed E-state index contributed by atoms with van der Waals surface area (Å²) in [4.78, 5) is 11.6. The first-order chi connectivity index (χ1) is 8.08. The summed E-state index contributed by atoms with van der Waals surface area (Å²) in [5.74, 6) is -2.57. The predicted molar refractivity (Wildman–Crippen MR) is 58.1 cm³/mol. The SMILES string of the molecule is CCC(CC#N)NC(=O)c1ccc(F)c(F)c1. The molecule has 5 heteroatoms. The molecule has 0 aromatic heterocycles. The van der Waals surface area contributed by atoms with Crippen LogP contribution in [-0.2, 0) is 0 Å². The predicted octanol–water partition coefficient (Wildman–Crippen LogP) is 2.39. The quantitative estimate of drug-likeness (QED) is 0.875. The smallest absolute Gasteiger partial charge is 0.251 e. The van der Waals surface area contributed by atoms with Crippen molar-refractivity contribution in [1.29, 1.82) is 5.26 Å². The lowest BCUT2D eigenvalue weighted by molar-refractivity contribution is 0.0936. The Bertz CT molecular complexity index is 454. The number of nitrogens with one attached hydrogen (secondary N) is 1. The highest BCUT2D eigenvalue weighted by Gasteiger charge is 2.13. The first-order valence-corrected chi connectivity index (χ1v) is 5.21. The van der Waals surface area contributed by atoms with Gasteiger partial charge >= 0.3 is 0 Å². The normalized spacial score (nSPS) is 11.6. The van der Waals surface area contributed by atoms with Crippen molar-refractivity contribution in [1.82, 2.24) is 5.32 Å². The Balaban J connectivity index is 2.76. The number of carbonyl (C=O) groups is 1. The van der Waals surface area contributed by atoms with Crippen LogP contribution in [0.15, 0.2) is 18.2 Å². The van der Waals surface area contributed by atoms with Crippen LogP contribution in [0, 0.1) is 23.0 Å². The van der Waals surface area contributed by atoms with Gasteiger partial charge in [0.2, 0.25) is 0 Å². The van der Waals surface area contributed by atoms with E-state index in [1.54, 1.807) is 0 Å². The van der Waals surface area contributed by atoms with Crippen LogP contribution in [0.3, 0.4) is 0 Å². The summed E-state index contributed by atoms with van der Waals surface area (Å²) < 4.78 is 25.6. The number of rotatable bonds is 4. The van der Waals surface area contributed by atoms with Gasteiger partial charge in [0.15, 0.2) is 11.6 Å². The zero-order chi connectivity index (χ0) is 12.8. The summed E-state index contributed by atoms with van der Waals surface area (Å²) in [6, 6.07) is 4.61. The molecule has 0 fully saturated rings. The van der Waals surface area contributed by atoms with Crippen molar-refractivity contribution in [3.8, 4) is 6.07 Å². The van der Waals surface area contributed by atoms with E-state index in [0.717, 1.165) is 12.1 Å². The van der Waals surface area contributed by atoms with Gasteiger partial charge in [0, 0.05) is 11.6 Å². The maximum Gasteiger partial charge on any atom is 0.251 e. The topological polar surface area (TPSA) is 52.9 Å². The lowest BCUT2D eigenvalue weighted by atomic mass is 10.1. The maximum atomic E-state index is 12.9. The molecule has 1 aromatic rings. The Kier molecular flexibility index (Phi) is 4.58. The van der Waals surface area contributed by atoms with Crippen LogP contribution in [0.25, 0.3) is 0 Å². The highest BCUT2D eigenvalue weighted by molar-refractivity contribution is 5.94. The molecule has 0 heterocycles. The van der Waals surface area contributed by atoms with E-state index >= 15 is 0 Å². The van der Waals surface area contributed by atoms with Crippen molar-refractivity contribution in [3.05, 3.63) is 35.4 Å². The number of nitrogens with zero attached hydrogens (tertiary/aromatic N) is 1. The Labute approximate surface area is 98.1 Å². The van der Waals surface area contributed by atoms with E-state index in [1.165, 1.54) is 6.07 Å². The molecule has 0 radical (unpaired) electrons. The van der Waals surface area contributed by atoms with E-state index in [-0.39, 0.29) is 18.0 Å². The molecular weight excluding hydrogens is 226 g/mol. The van der Waals surface area contributed by atoms with Crippen molar-refractivity contribution in [2.24, 2.45) is 0 Å². The Morgan fingerprint density at radius 1 is 1.47 bits per heavy atom. The van der Waals surface area contributed by atoms with Crippen LogP contribution >= 0.6 is 0 Å². The van der Waals surface area contributed by atoms with Gasteiger partial charge in [-0.15, -0.1) is 0 Å². The first kappa shape index (κ1) is 13.1. The third kappa shape index (κ3) is 3.52. The zero-order valence-corrected chi connectivity index (χ0v) is 9.34. The van der Waals surface area contributed by atoms with Gasteiger partial charge in [-0.05, 0) is 24.6 Å². The van der Waals surface area contributed by atoms with Crippen molar-refractivity contribution in [2.45, 2.75) is 25.8 Å². The van der Waals surface area contributed by atoms with Crippen LogP contribution in [0.1, 0.15) is 30.1 Å². The van der Waals surface area contributed by atoms with E-state index in [2.05, 4.69) is 5.32 Å². The monoisotopic (exact) mass is 238 g/mol. The number of amides is 1. The van der Waals surface area contributed by atoms with Gasteiger partial charge in [-0.25, -0.2) is 8.78 Å². The second kappa shape index (κ2) is 5.94. The molecule has 0 bridgehead atoms. The Morgan fingerprint density at radius 3 is 2.71 bits per heavy atom. The summed E-state index contributed by atoms with van der Waals surface area (Å²) >= 11 is 0. The number of halogens is 2. The summed E-state index contributed by atoms with van der Waals surface area (Å²) in [7, 11) is 0. The van der Waals surface area contributed by atoms with Gasteiger partial charge in [0.1, 0.15) is 0 Å². The minimum absolute atomic E-state index is 0.0419. The molecule has 3 nitrogen and oxygen atoms in total. The summed E-state index contributed by atoms with van der Waals surface area (Å²) in [5.41, 5.74) is 0.0419. The molecule has 0 aliphatic rings. The summed E-state index contributed by atoms with van der Waals surface area (Å²) in [6.45, 7) is 1.83. The fourth-order valence-corrected chi connectivity index (χ4v) is 1.31. The number of hydrogen-bond acceptors (Lipinski definition) is 2. The van der Waals surface area contributed by atoms with E-state index in [1.807, 2.05) is 13.0 Å². The largest absolute Gasteiger partial charge is 0.348 e. The number of hydrogen-bond donors (Lipinski definition) is 1. The van der Waals surface area contributed by atoms with Crippen molar-refractivity contribution in [2.75, 3.05) is 0 Å². The molecular formula is C12H12F2N2O. The van der Waals surface area contributed by atoms with E-state index < -0.39 is 17.5 Å². The lowest BCUT2D eigenvalue weighted by Crippen LogP contribution is -2.34. The van der Waals surface area contributed by atoms with Crippen molar-refractivity contribution >= 4 is 5.91 Å². The molecule has 1 aromatic carbocycles. The highest BCUT2D eigenvalue weighted by Crippen LogP contribution is 2.09. The molecule has 1 N–H and O–H groups in total. The van der Waals surface area contributed by atoms with Crippen LogP contribution < -0.4 is 5.32 Å². The van der Waals surface area contributed by atoms with Gasteiger partial charge in [0.05, 0.1) is 12.5 Å². The molecule has 0 aliphatic carbocycles. The summed E-state index contributed by atoms with van der Waals surface area (Å²) in [6.07, 6.45) is 0.787. The molecule has 0 aliphatic heterocycles. The fourth-order valence-electron chi connectivity index (χ4n) is 1.31. The zero-order valence-electron chi connectivity index (χ0n) is 9.34. The van der Waals surface area contributed by atoms with Gasteiger partial charge in [-0.1, -0.05) is 6.92 Å². The molecule has 0 spiro atoms. The number of carbonyl (C=O) groups excluding carboxylic acids is 1. The second-order valence-corrected chi connectivity index (χ2v) is 3.57. The van der Waals surface area contributed by atoms with Gasteiger partial charge in [-0.2, -0.15) is 5.26 Å². The second-order valence-electron chi connectivity index (χ2n) is 3.57. The molecule has 1 amide bonds. The van der Waals surface area contributed by atoms with Crippen LogP contribution in [0.4, 0.5) is 8.78 Å². The average Bonchev–Trinajstić information content (AvgIpc) is 2.31. The minimum atomic E-state index is -1.06. The maximum absolute atomic E-state index is 12.9. The minimum Gasteiger partial charge on any atom is -0.348 e. The molecule has 17 heavy (non-hydrogen) atoms. The lowest BCUT2D eigenvalue weighted by Gasteiger charge is -2.13. The van der Waals surface area contributed by atoms with Gasteiger partial charge < -0.3 is 5.32 Å². The van der Waals surface area contributed by atoms with Crippen LogP contribution in [0.2, 0.25) is 0 Å².